The van der Waals surface area contributed by atoms with Gasteiger partial charge in [0.05, 0.1) is 0 Å². The molecule has 0 aromatic heterocycles. The van der Waals surface area contributed by atoms with Crippen molar-refractivity contribution in [2.45, 2.75) is 65.1 Å². The van der Waals surface area contributed by atoms with Gasteiger partial charge in [0.15, 0.2) is 0 Å². The highest BCUT2D eigenvalue weighted by Crippen LogP contribution is 2.37. The van der Waals surface area contributed by atoms with Crippen LogP contribution < -0.4 is 5.73 Å². The second-order valence-corrected chi connectivity index (χ2v) is 7.45. The van der Waals surface area contributed by atoms with Gasteiger partial charge in [-0.2, -0.15) is 0 Å². The predicted octanol–water partition coefficient (Wildman–Crippen LogP) is 2.16. The Morgan fingerprint density at radius 3 is 2.47 bits per heavy atom. The quantitative estimate of drug-likeness (QED) is 0.850. The van der Waals surface area contributed by atoms with Crippen LogP contribution in [-0.2, 0) is 0 Å². The van der Waals surface area contributed by atoms with Crippen LogP contribution >= 0.6 is 0 Å². The van der Waals surface area contributed by atoms with Crippen LogP contribution in [0.2, 0.25) is 0 Å². The van der Waals surface area contributed by atoms with Gasteiger partial charge in [-0.05, 0) is 45.4 Å². The van der Waals surface area contributed by atoms with Crippen LogP contribution in [-0.4, -0.2) is 53.6 Å². The molecule has 0 bridgehead atoms. The molecule has 4 unspecified atom stereocenters. The lowest BCUT2D eigenvalue weighted by atomic mass is 9.81. The van der Waals surface area contributed by atoms with Crippen LogP contribution in [0.4, 0.5) is 0 Å². The minimum atomic E-state index is 0.229. The first-order chi connectivity index (χ1) is 8.89. The minimum absolute atomic E-state index is 0.229. The Morgan fingerprint density at radius 2 is 1.95 bits per heavy atom. The molecule has 19 heavy (non-hydrogen) atoms. The Bertz CT molecular complexity index is 304. The smallest absolute Gasteiger partial charge is 0.0473 e. The Kier molecular flexibility index (Phi) is 4.59. The van der Waals surface area contributed by atoms with Crippen LogP contribution in [0.1, 0.15) is 47.5 Å². The van der Waals surface area contributed by atoms with Gasteiger partial charge in [-0.3, -0.25) is 9.80 Å². The van der Waals surface area contributed by atoms with Crippen molar-refractivity contribution >= 4 is 0 Å². The summed E-state index contributed by atoms with van der Waals surface area (Å²) in [7, 11) is 0. The van der Waals surface area contributed by atoms with Crippen molar-refractivity contribution < 1.29 is 0 Å². The van der Waals surface area contributed by atoms with Gasteiger partial charge in [0.1, 0.15) is 0 Å². The molecule has 0 aromatic rings. The van der Waals surface area contributed by atoms with Crippen molar-refractivity contribution in [1.82, 2.24) is 9.80 Å². The van der Waals surface area contributed by atoms with Crippen LogP contribution in [0.5, 0.6) is 0 Å². The van der Waals surface area contributed by atoms with E-state index in [0.29, 0.717) is 12.1 Å². The summed E-state index contributed by atoms with van der Waals surface area (Å²) in [5, 5.41) is 0. The van der Waals surface area contributed by atoms with Crippen molar-refractivity contribution in [3.05, 3.63) is 0 Å². The van der Waals surface area contributed by atoms with E-state index in [1.54, 1.807) is 0 Å². The first-order valence-corrected chi connectivity index (χ1v) is 8.10. The van der Waals surface area contributed by atoms with Gasteiger partial charge in [-0.25, -0.2) is 0 Å². The summed E-state index contributed by atoms with van der Waals surface area (Å²) >= 11 is 0. The Hall–Kier alpha value is -0.120. The minimum Gasteiger partial charge on any atom is -0.329 e. The second kappa shape index (κ2) is 5.71. The predicted molar refractivity (Wildman–Crippen MR) is 82.2 cm³/mol. The van der Waals surface area contributed by atoms with Gasteiger partial charge < -0.3 is 5.73 Å². The molecule has 0 aliphatic carbocycles. The summed E-state index contributed by atoms with van der Waals surface area (Å²) in [4.78, 5) is 5.36. The van der Waals surface area contributed by atoms with Crippen LogP contribution in [0.25, 0.3) is 0 Å². The molecule has 0 radical (unpaired) electrons. The molecule has 0 amide bonds. The summed E-state index contributed by atoms with van der Waals surface area (Å²) in [5.41, 5.74) is 6.48. The zero-order valence-corrected chi connectivity index (χ0v) is 13.5. The lowest BCUT2D eigenvalue weighted by Gasteiger charge is -2.51. The number of nitrogens with zero attached hydrogens (tertiary/aromatic N) is 2. The lowest BCUT2D eigenvalue weighted by molar-refractivity contribution is -0.0125. The van der Waals surface area contributed by atoms with E-state index in [0.717, 1.165) is 24.9 Å². The standard InChI is InChI=1S/C16H33N3/c1-12(2)18-7-6-16(10-17,11-18)19-9-13(3)8-14(4)15(19)5/h12-15H,6-11,17H2,1-5H3. The van der Waals surface area contributed by atoms with Gasteiger partial charge >= 0.3 is 0 Å². The van der Waals surface area contributed by atoms with Crippen molar-refractivity contribution in [2.75, 3.05) is 26.2 Å². The van der Waals surface area contributed by atoms with Gasteiger partial charge in [0.2, 0.25) is 0 Å². The molecule has 3 heteroatoms. The van der Waals surface area contributed by atoms with Crippen molar-refractivity contribution in [3.63, 3.8) is 0 Å². The molecule has 0 aromatic carbocycles. The highest BCUT2D eigenvalue weighted by molar-refractivity contribution is 5.04. The van der Waals surface area contributed by atoms with E-state index in [1.807, 2.05) is 0 Å². The third-order valence-corrected chi connectivity index (χ3v) is 5.68. The molecule has 2 N–H and O–H groups in total. The molecule has 2 rings (SSSR count). The molecule has 0 spiro atoms. The number of likely N-dealkylation sites (tertiary alicyclic amines) is 2. The van der Waals surface area contributed by atoms with Crippen molar-refractivity contribution in [3.8, 4) is 0 Å². The van der Waals surface area contributed by atoms with Gasteiger partial charge in [-0.1, -0.05) is 13.8 Å². The Labute approximate surface area is 119 Å². The fourth-order valence-corrected chi connectivity index (χ4v) is 4.19. The fourth-order valence-electron chi connectivity index (χ4n) is 4.19. The maximum Gasteiger partial charge on any atom is 0.0473 e. The lowest BCUT2D eigenvalue weighted by Crippen LogP contribution is -2.63. The molecule has 2 fully saturated rings. The van der Waals surface area contributed by atoms with Gasteiger partial charge in [0, 0.05) is 43.8 Å². The topological polar surface area (TPSA) is 32.5 Å². The number of rotatable bonds is 3. The number of piperidine rings is 1. The fraction of sp³-hybridized carbons (Fsp3) is 1.00. The SMILES string of the molecule is CC1CC(C)C(C)N(C2(CN)CCN(C(C)C)C2)C1. The summed E-state index contributed by atoms with van der Waals surface area (Å²) in [5.74, 6) is 1.60. The first kappa shape index (κ1) is 15.3. The zero-order valence-electron chi connectivity index (χ0n) is 13.5. The molecule has 3 nitrogen and oxygen atoms in total. The molecule has 2 saturated heterocycles. The summed E-state index contributed by atoms with van der Waals surface area (Å²) in [6.45, 7) is 16.2. The Balaban J connectivity index is 2.17. The van der Waals surface area contributed by atoms with E-state index in [2.05, 4.69) is 44.4 Å². The second-order valence-electron chi connectivity index (χ2n) is 7.45. The molecule has 112 valence electrons. The molecule has 2 heterocycles. The van der Waals surface area contributed by atoms with Crippen molar-refractivity contribution in [1.29, 1.82) is 0 Å². The highest BCUT2D eigenvalue weighted by Gasteiger charge is 2.46. The summed E-state index contributed by atoms with van der Waals surface area (Å²) in [6.07, 6.45) is 2.61. The van der Waals surface area contributed by atoms with Crippen LogP contribution in [0.3, 0.4) is 0 Å². The van der Waals surface area contributed by atoms with Crippen molar-refractivity contribution in [2.24, 2.45) is 17.6 Å². The number of hydrogen-bond acceptors (Lipinski definition) is 3. The molecular formula is C16H33N3. The number of hydrogen-bond donors (Lipinski definition) is 1. The maximum atomic E-state index is 6.25. The first-order valence-electron chi connectivity index (χ1n) is 8.10. The molecule has 2 aliphatic rings. The van der Waals surface area contributed by atoms with Gasteiger partial charge in [0.25, 0.3) is 0 Å². The molecule has 2 aliphatic heterocycles. The van der Waals surface area contributed by atoms with E-state index >= 15 is 0 Å². The van der Waals surface area contributed by atoms with E-state index in [1.165, 1.54) is 25.9 Å². The third kappa shape index (κ3) is 2.84. The summed E-state index contributed by atoms with van der Waals surface area (Å²) < 4.78 is 0. The Morgan fingerprint density at radius 1 is 1.26 bits per heavy atom. The molecular weight excluding hydrogens is 234 g/mol. The molecule has 0 saturated carbocycles. The van der Waals surface area contributed by atoms with E-state index < -0.39 is 0 Å². The normalized spacial score (nSPS) is 42.2. The van der Waals surface area contributed by atoms with Crippen LogP contribution in [0.15, 0.2) is 0 Å². The van der Waals surface area contributed by atoms with Gasteiger partial charge in [-0.15, -0.1) is 0 Å². The zero-order chi connectivity index (χ0) is 14.2. The van der Waals surface area contributed by atoms with E-state index in [9.17, 15) is 0 Å². The highest BCUT2D eigenvalue weighted by atomic mass is 15.3. The van der Waals surface area contributed by atoms with Crippen LogP contribution in [0, 0.1) is 11.8 Å². The average Bonchev–Trinajstić information content (AvgIpc) is 2.79. The third-order valence-electron chi connectivity index (χ3n) is 5.68. The van der Waals surface area contributed by atoms with E-state index in [-0.39, 0.29) is 5.54 Å². The summed E-state index contributed by atoms with van der Waals surface area (Å²) in [6, 6.07) is 1.32. The van der Waals surface area contributed by atoms with E-state index in [4.69, 9.17) is 5.73 Å². The number of nitrogens with two attached hydrogens (primary N) is 1. The molecule has 4 atom stereocenters. The largest absolute Gasteiger partial charge is 0.329 e. The maximum absolute atomic E-state index is 6.25. The average molecular weight is 267 g/mol. The monoisotopic (exact) mass is 267 g/mol.